The molecule has 0 heterocycles. The molecule has 0 saturated carbocycles. The maximum atomic E-state index is 12.4. The normalized spacial score (nSPS) is 13.1. The lowest BCUT2D eigenvalue weighted by Gasteiger charge is -2.22. The molecule has 1 amide bonds. The van der Waals surface area contributed by atoms with Gasteiger partial charge in [0.1, 0.15) is 0 Å². The topological polar surface area (TPSA) is 69.6 Å². The van der Waals surface area contributed by atoms with E-state index in [1.807, 2.05) is 0 Å². The Morgan fingerprint density at radius 1 is 0.453 bits per heavy atom. The highest BCUT2D eigenvalue weighted by Gasteiger charge is 2.20. The van der Waals surface area contributed by atoms with Gasteiger partial charge in [0.05, 0.1) is 18.8 Å². The Morgan fingerprint density at radius 2 is 0.774 bits per heavy atom. The lowest BCUT2D eigenvalue weighted by atomic mass is 10.0. The first-order valence-electron chi connectivity index (χ1n) is 24.0. The Morgan fingerprint density at radius 3 is 1.13 bits per heavy atom. The van der Waals surface area contributed by atoms with E-state index in [0.717, 1.165) is 32.1 Å². The molecule has 0 aromatic heterocycles. The molecule has 2 atom stereocenters. The SMILES string of the molecule is CCCCCCCCCCC/C=C\C/C=C\CCCCCCCCCCCCCC(=O)NC(CO)C(O)CCCCCCCCCCCCCCCC. The van der Waals surface area contributed by atoms with Crippen LogP contribution in [0.1, 0.15) is 264 Å². The number of rotatable bonds is 44. The van der Waals surface area contributed by atoms with E-state index in [0.29, 0.717) is 12.8 Å². The van der Waals surface area contributed by atoms with Gasteiger partial charge in [0, 0.05) is 6.42 Å². The lowest BCUT2D eigenvalue weighted by molar-refractivity contribution is -0.123. The van der Waals surface area contributed by atoms with Gasteiger partial charge in [0.25, 0.3) is 0 Å². The van der Waals surface area contributed by atoms with Crippen LogP contribution in [0.25, 0.3) is 0 Å². The molecule has 0 aromatic carbocycles. The first-order valence-corrected chi connectivity index (χ1v) is 24.0. The molecule has 0 aliphatic carbocycles. The van der Waals surface area contributed by atoms with E-state index in [1.54, 1.807) is 0 Å². The molecular weight excluding hydrogens is 651 g/mol. The third-order valence-electron chi connectivity index (χ3n) is 11.2. The quantitative estimate of drug-likeness (QED) is 0.0430. The van der Waals surface area contributed by atoms with E-state index >= 15 is 0 Å². The van der Waals surface area contributed by atoms with E-state index in [-0.39, 0.29) is 12.5 Å². The van der Waals surface area contributed by atoms with Gasteiger partial charge in [-0.3, -0.25) is 4.79 Å². The summed E-state index contributed by atoms with van der Waals surface area (Å²) in [5.41, 5.74) is 0. The van der Waals surface area contributed by atoms with Crippen molar-refractivity contribution in [2.75, 3.05) is 6.61 Å². The molecule has 4 nitrogen and oxygen atoms in total. The number of hydrogen-bond acceptors (Lipinski definition) is 3. The highest BCUT2D eigenvalue weighted by atomic mass is 16.3. The molecule has 3 N–H and O–H groups in total. The van der Waals surface area contributed by atoms with Crippen molar-refractivity contribution in [1.82, 2.24) is 5.32 Å². The molecule has 2 unspecified atom stereocenters. The predicted octanol–water partition coefficient (Wildman–Crippen LogP) is 15.2. The molecule has 53 heavy (non-hydrogen) atoms. The Kier molecular flexibility index (Phi) is 44.3. The van der Waals surface area contributed by atoms with Crippen LogP contribution in [-0.2, 0) is 4.79 Å². The minimum Gasteiger partial charge on any atom is -0.394 e. The number of aliphatic hydroxyl groups is 2. The highest BCUT2D eigenvalue weighted by Crippen LogP contribution is 2.16. The van der Waals surface area contributed by atoms with Crippen LogP contribution in [-0.4, -0.2) is 34.9 Å². The minimum absolute atomic E-state index is 0.0315. The summed E-state index contributed by atoms with van der Waals surface area (Å²) >= 11 is 0. The van der Waals surface area contributed by atoms with Crippen molar-refractivity contribution in [3.8, 4) is 0 Å². The van der Waals surface area contributed by atoms with E-state index in [2.05, 4.69) is 43.5 Å². The van der Waals surface area contributed by atoms with Gasteiger partial charge in [0.15, 0.2) is 0 Å². The van der Waals surface area contributed by atoms with Gasteiger partial charge in [-0.25, -0.2) is 0 Å². The third kappa shape index (κ3) is 41.9. The molecular formula is C49H95NO3. The van der Waals surface area contributed by atoms with Crippen LogP contribution in [0.5, 0.6) is 0 Å². The summed E-state index contributed by atoms with van der Waals surface area (Å²) in [6, 6.07) is -0.535. The van der Waals surface area contributed by atoms with Crippen LogP contribution in [0.4, 0.5) is 0 Å². The molecule has 0 fully saturated rings. The monoisotopic (exact) mass is 746 g/mol. The summed E-state index contributed by atoms with van der Waals surface area (Å²) in [4.78, 5) is 12.4. The van der Waals surface area contributed by atoms with Gasteiger partial charge in [-0.05, 0) is 44.9 Å². The lowest BCUT2D eigenvalue weighted by Crippen LogP contribution is -2.45. The summed E-state index contributed by atoms with van der Waals surface area (Å²) in [7, 11) is 0. The number of aliphatic hydroxyl groups excluding tert-OH is 2. The Bertz CT molecular complexity index is 765. The first-order chi connectivity index (χ1) is 26.2. The summed E-state index contributed by atoms with van der Waals surface area (Å²) in [5, 5.41) is 23.2. The number of allylic oxidation sites excluding steroid dienone is 4. The third-order valence-corrected chi connectivity index (χ3v) is 11.2. The molecule has 0 aliphatic heterocycles. The van der Waals surface area contributed by atoms with Crippen LogP contribution in [0.15, 0.2) is 24.3 Å². The van der Waals surface area contributed by atoms with Crippen molar-refractivity contribution in [2.45, 2.75) is 276 Å². The Balaban J connectivity index is 3.47. The fourth-order valence-electron chi connectivity index (χ4n) is 7.51. The molecule has 0 bridgehead atoms. The molecule has 4 heteroatoms. The number of hydrogen-bond donors (Lipinski definition) is 3. The summed E-state index contributed by atoms with van der Waals surface area (Å²) < 4.78 is 0. The maximum Gasteiger partial charge on any atom is 0.220 e. The smallest absolute Gasteiger partial charge is 0.220 e. The average Bonchev–Trinajstić information content (AvgIpc) is 3.16. The summed E-state index contributed by atoms with van der Waals surface area (Å²) in [5.74, 6) is -0.0315. The predicted molar refractivity (Wildman–Crippen MR) is 235 cm³/mol. The van der Waals surface area contributed by atoms with Gasteiger partial charge in [-0.2, -0.15) is 0 Å². The maximum absolute atomic E-state index is 12.4. The molecule has 0 radical (unpaired) electrons. The van der Waals surface area contributed by atoms with Crippen molar-refractivity contribution in [2.24, 2.45) is 0 Å². The zero-order valence-electron chi connectivity index (χ0n) is 36.1. The first kappa shape index (κ1) is 51.9. The fraction of sp³-hybridized carbons (Fsp3) is 0.898. The van der Waals surface area contributed by atoms with Crippen molar-refractivity contribution in [3.05, 3.63) is 24.3 Å². The van der Waals surface area contributed by atoms with Crippen LogP contribution in [0, 0.1) is 0 Å². The number of nitrogens with one attached hydrogen (secondary N) is 1. The van der Waals surface area contributed by atoms with Crippen molar-refractivity contribution < 1.29 is 15.0 Å². The number of carbonyl (C=O) groups is 1. The Hall–Kier alpha value is -1.13. The summed E-state index contributed by atoms with van der Waals surface area (Å²) in [6.45, 7) is 4.37. The average molecular weight is 746 g/mol. The number of amides is 1. The zero-order chi connectivity index (χ0) is 38.6. The number of unbranched alkanes of at least 4 members (excludes halogenated alkanes) is 33. The van der Waals surface area contributed by atoms with E-state index < -0.39 is 12.1 Å². The van der Waals surface area contributed by atoms with Crippen LogP contribution in [0.3, 0.4) is 0 Å². The molecule has 0 rings (SSSR count). The van der Waals surface area contributed by atoms with Crippen LogP contribution < -0.4 is 5.32 Å². The highest BCUT2D eigenvalue weighted by molar-refractivity contribution is 5.76. The molecule has 0 aliphatic rings. The van der Waals surface area contributed by atoms with Crippen molar-refractivity contribution >= 4 is 5.91 Å². The second-order valence-electron chi connectivity index (χ2n) is 16.5. The van der Waals surface area contributed by atoms with E-state index in [4.69, 9.17) is 0 Å². The van der Waals surface area contributed by atoms with Crippen LogP contribution >= 0.6 is 0 Å². The van der Waals surface area contributed by atoms with E-state index in [9.17, 15) is 15.0 Å². The van der Waals surface area contributed by atoms with Gasteiger partial charge in [0.2, 0.25) is 5.91 Å². The standard InChI is InChI=1S/C49H95NO3/c1-3-5-7-9-11-13-15-17-19-20-21-22-23-24-25-26-27-28-29-30-31-33-35-37-39-41-43-45-49(53)50-47(46-51)48(52)44-42-40-38-36-34-32-18-16-14-12-10-8-6-4-2/h21-22,24-25,47-48,51-52H,3-20,23,26-46H2,1-2H3,(H,50,53)/b22-21-,25-24-. The zero-order valence-corrected chi connectivity index (χ0v) is 36.1. The Labute approximate surface area is 332 Å². The summed E-state index contributed by atoms with van der Waals surface area (Å²) in [6.07, 6.45) is 58.4. The largest absolute Gasteiger partial charge is 0.394 e. The second-order valence-corrected chi connectivity index (χ2v) is 16.5. The molecule has 314 valence electrons. The number of carbonyl (C=O) groups excluding carboxylic acids is 1. The molecule has 0 aromatic rings. The van der Waals surface area contributed by atoms with Gasteiger partial charge in [-0.1, -0.05) is 237 Å². The van der Waals surface area contributed by atoms with Crippen molar-refractivity contribution in [3.63, 3.8) is 0 Å². The van der Waals surface area contributed by atoms with Gasteiger partial charge < -0.3 is 15.5 Å². The van der Waals surface area contributed by atoms with Crippen molar-refractivity contribution in [1.29, 1.82) is 0 Å². The second kappa shape index (κ2) is 45.3. The fourth-order valence-corrected chi connectivity index (χ4v) is 7.51. The van der Waals surface area contributed by atoms with E-state index in [1.165, 1.54) is 205 Å². The van der Waals surface area contributed by atoms with Gasteiger partial charge in [-0.15, -0.1) is 0 Å². The molecule has 0 spiro atoms. The molecule has 0 saturated heterocycles. The minimum atomic E-state index is -0.658. The van der Waals surface area contributed by atoms with Crippen LogP contribution in [0.2, 0.25) is 0 Å². The van der Waals surface area contributed by atoms with Gasteiger partial charge >= 0.3 is 0 Å².